The van der Waals surface area contributed by atoms with Crippen LogP contribution in [0.2, 0.25) is 0 Å². The molecule has 3 nitrogen and oxygen atoms in total. The first-order valence-corrected chi connectivity index (χ1v) is 7.20. The molecular weight excluding hydrogens is 260 g/mol. The molecule has 2 aromatic carbocycles. The molecular formula is C18H16N2O. The zero-order valence-corrected chi connectivity index (χ0v) is 12.1. The van der Waals surface area contributed by atoms with E-state index in [-0.39, 0.29) is 0 Å². The number of rotatable bonds is 2. The molecule has 0 saturated heterocycles. The second-order valence-electron chi connectivity index (χ2n) is 5.16. The lowest BCUT2D eigenvalue weighted by Gasteiger charge is -2.10. The minimum Gasteiger partial charge on any atom is -0.491 e. The number of aromatic nitrogens is 2. The van der Waals surface area contributed by atoms with Gasteiger partial charge in [-0.25, -0.2) is 4.98 Å². The van der Waals surface area contributed by atoms with Gasteiger partial charge in [0.2, 0.25) is 0 Å². The van der Waals surface area contributed by atoms with Gasteiger partial charge in [-0.1, -0.05) is 30.3 Å². The fourth-order valence-electron chi connectivity index (χ4n) is 3.05. The maximum atomic E-state index is 5.98. The van der Waals surface area contributed by atoms with E-state index < -0.39 is 0 Å². The molecule has 4 rings (SSSR count). The first-order valence-electron chi connectivity index (χ1n) is 7.20. The minimum absolute atomic E-state index is 0.643. The van der Waals surface area contributed by atoms with E-state index in [1.807, 2.05) is 25.1 Å². The highest BCUT2D eigenvalue weighted by Gasteiger charge is 2.17. The first-order chi connectivity index (χ1) is 10.3. The topological polar surface area (TPSA) is 27.1 Å². The number of hydrogen-bond donors (Lipinski definition) is 0. The molecule has 0 spiro atoms. The summed E-state index contributed by atoms with van der Waals surface area (Å²) < 4.78 is 8.16. The maximum Gasteiger partial charge on any atom is 0.154 e. The highest BCUT2D eigenvalue weighted by molar-refractivity contribution is 6.12. The molecule has 0 aliphatic carbocycles. The van der Waals surface area contributed by atoms with Crippen molar-refractivity contribution in [2.24, 2.45) is 7.05 Å². The molecule has 2 heterocycles. The third kappa shape index (κ3) is 1.64. The van der Waals surface area contributed by atoms with E-state index in [0.29, 0.717) is 6.61 Å². The highest BCUT2D eigenvalue weighted by Crippen LogP contribution is 2.37. The molecule has 2 aromatic heterocycles. The Morgan fingerprint density at radius 1 is 1.00 bits per heavy atom. The summed E-state index contributed by atoms with van der Waals surface area (Å²) in [5.41, 5.74) is 4.23. The van der Waals surface area contributed by atoms with Crippen molar-refractivity contribution in [3.05, 3.63) is 48.5 Å². The monoisotopic (exact) mass is 276 g/mol. The summed E-state index contributed by atoms with van der Waals surface area (Å²) in [4.78, 5) is 4.87. The Bertz CT molecular complexity index is 969. The van der Waals surface area contributed by atoms with Crippen molar-refractivity contribution in [3.8, 4) is 5.75 Å². The van der Waals surface area contributed by atoms with Gasteiger partial charge >= 0.3 is 0 Å². The summed E-state index contributed by atoms with van der Waals surface area (Å²) in [5, 5.41) is 2.24. The van der Waals surface area contributed by atoms with Crippen molar-refractivity contribution < 1.29 is 4.74 Å². The quantitative estimate of drug-likeness (QED) is 0.546. The average molecular weight is 276 g/mol. The van der Waals surface area contributed by atoms with E-state index >= 15 is 0 Å². The maximum absolute atomic E-state index is 5.98. The summed E-state index contributed by atoms with van der Waals surface area (Å²) >= 11 is 0. The van der Waals surface area contributed by atoms with Gasteiger partial charge in [0.15, 0.2) is 5.75 Å². The molecule has 0 atom stereocenters. The second kappa shape index (κ2) is 4.48. The van der Waals surface area contributed by atoms with Gasteiger partial charge in [-0.3, -0.25) is 0 Å². The molecule has 4 aromatic rings. The third-order valence-electron chi connectivity index (χ3n) is 3.96. The van der Waals surface area contributed by atoms with Crippen molar-refractivity contribution in [3.63, 3.8) is 0 Å². The fourth-order valence-corrected chi connectivity index (χ4v) is 3.05. The van der Waals surface area contributed by atoms with Gasteiger partial charge in [0.05, 0.1) is 17.6 Å². The van der Waals surface area contributed by atoms with E-state index in [1.165, 1.54) is 10.9 Å². The number of pyridine rings is 1. The number of hydrogen-bond acceptors (Lipinski definition) is 2. The molecule has 0 amide bonds. The lowest BCUT2D eigenvalue weighted by Crippen LogP contribution is -1.98. The second-order valence-corrected chi connectivity index (χ2v) is 5.16. The van der Waals surface area contributed by atoms with Crippen molar-refractivity contribution in [1.82, 2.24) is 9.55 Å². The third-order valence-corrected chi connectivity index (χ3v) is 3.96. The van der Waals surface area contributed by atoms with Crippen LogP contribution in [0.3, 0.4) is 0 Å². The van der Waals surface area contributed by atoms with Crippen LogP contribution in [0.15, 0.2) is 48.5 Å². The van der Waals surface area contributed by atoms with Crippen LogP contribution in [0.1, 0.15) is 6.92 Å². The van der Waals surface area contributed by atoms with E-state index in [0.717, 1.165) is 27.7 Å². The van der Waals surface area contributed by atoms with Crippen LogP contribution in [0.25, 0.3) is 32.8 Å². The van der Waals surface area contributed by atoms with Gasteiger partial charge in [0.25, 0.3) is 0 Å². The van der Waals surface area contributed by atoms with Crippen molar-refractivity contribution in [1.29, 1.82) is 0 Å². The van der Waals surface area contributed by atoms with E-state index in [4.69, 9.17) is 9.72 Å². The number of fused-ring (bicyclic) bond motifs is 4. The van der Waals surface area contributed by atoms with Crippen LogP contribution in [0.5, 0.6) is 5.75 Å². The van der Waals surface area contributed by atoms with Gasteiger partial charge in [-0.2, -0.15) is 0 Å². The zero-order chi connectivity index (χ0) is 14.4. The van der Waals surface area contributed by atoms with Gasteiger partial charge < -0.3 is 9.30 Å². The van der Waals surface area contributed by atoms with Gasteiger partial charge in [0.1, 0.15) is 11.0 Å². The molecule has 21 heavy (non-hydrogen) atoms. The number of benzene rings is 2. The predicted octanol–water partition coefficient (Wildman–Crippen LogP) is 4.28. The molecule has 0 fully saturated rings. The standard InChI is InChI=1S/C18H16N2O/c1-3-21-18-12-8-4-6-10-14(12)19-16-13-9-5-7-11-15(13)20(2)17(16)18/h4-11H,3H2,1-2H3. The Labute approximate surface area is 122 Å². The predicted molar refractivity (Wildman–Crippen MR) is 86.9 cm³/mol. The van der Waals surface area contributed by atoms with Gasteiger partial charge in [0, 0.05) is 17.8 Å². The van der Waals surface area contributed by atoms with Gasteiger partial charge in [-0.05, 0) is 25.1 Å². The SMILES string of the molecule is CCOc1c2ccccc2nc2c3ccccc3n(C)c12. The molecule has 0 aliphatic heterocycles. The summed E-state index contributed by atoms with van der Waals surface area (Å²) in [6, 6.07) is 16.5. The Balaban J connectivity index is 2.30. The minimum atomic E-state index is 0.643. The van der Waals surface area contributed by atoms with Crippen LogP contribution in [0.4, 0.5) is 0 Å². The average Bonchev–Trinajstić information content (AvgIpc) is 2.81. The Morgan fingerprint density at radius 3 is 2.52 bits per heavy atom. The van der Waals surface area contributed by atoms with E-state index in [2.05, 4.69) is 41.9 Å². The first kappa shape index (κ1) is 12.2. The summed E-state index contributed by atoms with van der Waals surface area (Å²) in [6.45, 7) is 2.66. The van der Waals surface area contributed by atoms with Crippen LogP contribution < -0.4 is 4.74 Å². The van der Waals surface area contributed by atoms with Gasteiger partial charge in [-0.15, -0.1) is 0 Å². The number of para-hydroxylation sites is 2. The largest absolute Gasteiger partial charge is 0.491 e. The normalized spacial score (nSPS) is 11.5. The van der Waals surface area contributed by atoms with Crippen molar-refractivity contribution in [2.45, 2.75) is 6.92 Å². The number of ether oxygens (including phenoxy) is 1. The fraction of sp³-hybridized carbons (Fsp3) is 0.167. The molecule has 0 N–H and O–H groups in total. The Morgan fingerprint density at radius 2 is 1.71 bits per heavy atom. The molecule has 3 heteroatoms. The number of nitrogens with zero attached hydrogens (tertiary/aromatic N) is 2. The van der Waals surface area contributed by atoms with Crippen LogP contribution in [0, 0.1) is 0 Å². The molecule has 0 radical (unpaired) electrons. The molecule has 0 aliphatic rings. The molecule has 0 saturated carbocycles. The highest BCUT2D eigenvalue weighted by atomic mass is 16.5. The lowest BCUT2D eigenvalue weighted by atomic mass is 10.1. The van der Waals surface area contributed by atoms with Crippen molar-refractivity contribution in [2.75, 3.05) is 6.61 Å². The Hall–Kier alpha value is -2.55. The van der Waals surface area contributed by atoms with E-state index in [9.17, 15) is 0 Å². The Kier molecular flexibility index (Phi) is 2.61. The summed E-state index contributed by atoms with van der Waals surface area (Å²) in [6.07, 6.45) is 0. The number of aryl methyl sites for hydroxylation is 1. The summed E-state index contributed by atoms with van der Waals surface area (Å²) in [5.74, 6) is 0.928. The van der Waals surface area contributed by atoms with Crippen LogP contribution in [-0.4, -0.2) is 16.2 Å². The lowest BCUT2D eigenvalue weighted by molar-refractivity contribution is 0.347. The summed E-state index contributed by atoms with van der Waals surface area (Å²) in [7, 11) is 2.07. The molecule has 0 unspecified atom stereocenters. The smallest absolute Gasteiger partial charge is 0.154 e. The molecule has 0 bridgehead atoms. The van der Waals surface area contributed by atoms with Crippen LogP contribution in [-0.2, 0) is 7.05 Å². The molecule has 104 valence electrons. The zero-order valence-electron chi connectivity index (χ0n) is 12.1. The van der Waals surface area contributed by atoms with Crippen LogP contribution >= 0.6 is 0 Å². The van der Waals surface area contributed by atoms with Crippen molar-refractivity contribution >= 4 is 32.8 Å². The van der Waals surface area contributed by atoms with E-state index in [1.54, 1.807) is 0 Å².